The maximum atomic E-state index is 14.0. The van der Waals surface area contributed by atoms with Crippen LogP contribution in [-0.4, -0.2) is 67.8 Å². The molecule has 0 spiro atoms. The van der Waals surface area contributed by atoms with Crippen molar-refractivity contribution < 1.29 is 51.3 Å². The van der Waals surface area contributed by atoms with E-state index >= 15 is 0 Å². The first-order valence-electron chi connectivity index (χ1n) is 12.3. The van der Waals surface area contributed by atoms with Crippen LogP contribution in [0.25, 0.3) is 5.65 Å². The van der Waals surface area contributed by atoms with Gasteiger partial charge in [-0.3, -0.25) is 9.20 Å². The number of aryl methyl sites for hydroxylation is 2. The number of rotatable bonds is 5. The van der Waals surface area contributed by atoms with Crippen LogP contribution in [0.2, 0.25) is 0 Å². The van der Waals surface area contributed by atoms with Crippen molar-refractivity contribution in [2.24, 2.45) is 0 Å². The molecule has 1 aliphatic rings. The second-order valence-corrected chi connectivity index (χ2v) is 9.31. The number of nitrogens with zero attached hydrogens (tertiary/aromatic N) is 3. The molecule has 1 atom stereocenters. The highest BCUT2D eigenvalue weighted by Gasteiger charge is 2.38. The molecule has 1 fully saturated rings. The maximum absolute atomic E-state index is 14.0. The summed E-state index contributed by atoms with van der Waals surface area (Å²) in [5, 5.41) is 19.4. The number of ether oxygens (including phenoxy) is 1. The summed E-state index contributed by atoms with van der Waals surface area (Å²) in [4.78, 5) is 39.3. The summed E-state index contributed by atoms with van der Waals surface area (Å²) < 4.78 is 67.1. The number of fused-ring (bicyclic) bond motifs is 1. The highest BCUT2D eigenvalue weighted by molar-refractivity contribution is 5.95. The maximum Gasteiger partial charge on any atom is 0.490 e. The number of alkyl halides is 3. The average Bonchev–Trinajstić information content (AvgIpc) is 3.03. The number of carboxylic acids is 1. The molecule has 3 heterocycles. The number of likely N-dealkylation sites (tertiary alicyclic amines) is 1. The summed E-state index contributed by atoms with van der Waals surface area (Å²) in [5.74, 6) is -4.26. The molecule has 2 amide bonds. The molecule has 0 aliphatic carbocycles. The highest BCUT2D eigenvalue weighted by Crippen LogP contribution is 2.26. The number of hydrogen-bond donors (Lipinski definition) is 3. The zero-order chi connectivity index (χ0) is 30.5. The van der Waals surface area contributed by atoms with E-state index in [2.05, 4.69) is 10.3 Å². The van der Waals surface area contributed by atoms with Gasteiger partial charge in [0.25, 0.3) is 5.91 Å². The van der Waals surface area contributed by atoms with E-state index in [4.69, 9.17) is 14.6 Å². The van der Waals surface area contributed by atoms with E-state index in [-0.39, 0.29) is 36.4 Å². The number of pyridine rings is 1. The van der Waals surface area contributed by atoms with Gasteiger partial charge in [0.1, 0.15) is 23.9 Å². The number of halogens is 5. The van der Waals surface area contributed by atoms with E-state index in [0.717, 1.165) is 30.5 Å². The van der Waals surface area contributed by atoms with Crippen LogP contribution in [-0.2, 0) is 11.4 Å². The normalized spacial score (nSPS) is 15.5. The first-order valence-corrected chi connectivity index (χ1v) is 12.3. The van der Waals surface area contributed by atoms with Crippen LogP contribution in [0.15, 0.2) is 30.5 Å². The largest absolute Gasteiger partial charge is 0.490 e. The molecular formula is C26H27F5N4O6. The van der Waals surface area contributed by atoms with Gasteiger partial charge >= 0.3 is 18.2 Å². The lowest BCUT2D eigenvalue weighted by Crippen LogP contribution is -2.44. The number of carbonyl (C=O) groups excluding carboxylic acids is 1. The number of carbonyl (C=O) groups is 3. The van der Waals surface area contributed by atoms with Gasteiger partial charge in [0.2, 0.25) is 0 Å². The molecule has 3 aromatic rings. The van der Waals surface area contributed by atoms with Gasteiger partial charge in [-0.05, 0) is 56.9 Å². The van der Waals surface area contributed by atoms with Crippen molar-refractivity contribution in [3.05, 3.63) is 64.6 Å². The average molecular weight is 587 g/mol. The second-order valence-electron chi connectivity index (χ2n) is 9.31. The van der Waals surface area contributed by atoms with Gasteiger partial charge in [0.05, 0.1) is 11.3 Å². The quantitative estimate of drug-likeness (QED) is 0.369. The highest BCUT2D eigenvalue weighted by atomic mass is 19.4. The molecule has 0 bridgehead atoms. The minimum atomic E-state index is -5.08. The van der Waals surface area contributed by atoms with Crippen LogP contribution in [0.1, 0.15) is 46.6 Å². The molecule has 2 aromatic heterocycles. The Bertz CT molecular complexity index is 1420. The Balaban J connectivity index is 0.000000587. The minimum Gasteiger partial charge on any atom is -0.485 e. The molecule has 1 saturated heterocycles. The zero-order valence-electron chi connectivity index (χ0n) is 22.0. The fourth-order valence-corrected chi connectivity index (χ4v) is 4.25. The van der Waals surface area contributed by atoms with Crippen LogP contribution < -0.4 is 10.1 Å². The summed E-state index contributed by atoms with van der Waals surface area (Å²) >= 11 is 0. The number of hydrogen-bond acceptors (Lipinski definition) is 5. The van der Waals surface area contributed by atoms with Crippen molar-refractivity contribution in [1.82, 2.24) is 19.6 Å². The predicted molar refractivity (Wildman–Crippen MR) is 134 cm³/mol. The molecule has 15 heteroatoms. The van der Waals surface area contributed by atoms with Crippen LogP contribution in [0.5, 0.6) is 5.75 Å². The Labute approximate surface area is 230 Å². The van der Waals surface area contributed by atoms with E-state index in [1.54, 1.807) is 23.6 Å². The van der Waals surface area contributed by atoms with Gasteiger partial charge < -0.3 is 25.2 Å². The topological polar surface area (TPSA) is 133 Å². The van der Waals surface area contributed by atoms with Gasteiger partial charge in [-0.2, -0.15) is 13.2 Å². The van der Waals surface area contributed by atoms with Crippen molar-refractivity contribution in [1.29, 1.82) is 0 Å². The number of aromatic nitrogens is 2. The number of aliphatic carboxylic acids is 1. The molecule has 1 aliphatic heterocycles. The molecule has 10 nitrogen and oxygen atoms in total. The SMILES string of the molecule is Cc1cc(OCc2c(F)cccc2F)c2nc(C)c(C(=O)NC3CCCCN(C(=O)O)C3)n2c1.O=C(O)C(F)(F)F. The molecule has 0 radical (unpaired) electrons. The van der Waals surface area contributed by atoms with E-state index in [1.807, 2.05) is 6.92 Å². The summed E-state index contributed by atoms with van der Waals surface area (Å²) in [7, 11) is 0. The molecule has 41 heavy (non-hydrogen) atoms. The van der Waals surface area contributed by atoms with E-state index in [1.165, 1.54) is 11.0 Å². The van der Waals surface area contributed by atoms with E-state index in [9.17, 15) is 36.6 Å². The number of nitrogens with one attached hydrogen (secondary N) is 1. The lowest BCUT2D eigenvalue weighted by Gasteiger charge is -2.22. The Hall–Kier alpha value is -4.43. The van der Waals surface area contributed by atoms with Crippen molar-refractivity contribution in [3.63, 3.8) is 0 Å². The predicted octanol–water partition coefficient (Wildman–Crippen LogP) is 4.70. The molecule has 3 N–H and O–H groups in total. The van der Waals surface area contributed by atoms with Gasteiger partial charge in [-0.1, -0.05) is 6.07 Å². The minimum absolute atomic E-state index is 0.195. The molecular weight excluding hydrogens is 559 g/mol. The number of amides is 2. The van der Waals surface area contributed by atoms with E-state index < -0.39 is 29.9 Å². The summed E-state index contributed by atoms with van der Waals surface area (Å²) in [5.41, 5.74) is 1.66. The van der Waals surface area contributed by atoms with Crippen LogP contribution in [0, 0.1) is 25.5 Å². The third kappa shape index (κ3) is 7.83. The van der Waals surface area contributed by atoms with Gasteiger partial charge in [-0.25, -0.2) is 23.4 Å². The summed E-state index contributed by atoms with van der Waals surface area (Å²) in [6.45, 7) is 3.83. The van der Waals surface area contributed by atoms with Crippen molar-refractivity contribution in [2.75, 3.05) is 13.1 Å². The molecule has 4 rings (SSSR count). The number of carboxylic acid groups (broad SMARTS) is 2. The van der Waals surface area contributed by atoms with Gasteiger partial charge in [0.15, 0.2) is 11.4 Å². The van der Waals surface area contributed by atoms with Crippen molar-refractivity contribution in [3.8, 4) is 5.75 Å². The van der Waals surface area contributed by atoms with Gasteiger partial charge in [-0.15, -0.1) is 0 Å². The molecule has 222 valence electrons. The third-order valence-corrected chi connectivity index (χ3v) is 6.17. The van der Waals surface area contributed by atoms with Crippen LogP contribution in [0.4, 0.5) is 26.7 Å². The number of imidazole rings is 1. The van der Waals surface area contributed by atoms with Gasteiger partial charge in [0, 0.05) is 25.3 Å². The molecule has 1 aromatic carbocycles. The standard InChI is InChI=1S/C24H26F2N4O4.C2HF3O2/c1-14-10-20(34-13-17-18(25)7-5-8-19(17)26)22-27-15(2)21(30(22)11-14)23(31)28-16-6-3-4-9-29(12-16)24(32)33;3-2(4,5)1(6)7/h5,7-8,10-11,16H,3-4,6,9,12-13H2,1-2H3,(H,28,31)(H,32,33);(H,6,7). The van der Waals surface area contributed by atoms with Crippen molar-refractivity contribution >= 4 is 23.6 Å². The smallest absolute Gasteiger partial charge is 0.485 e. The fourth-order valence-electron chi connectivity index (χ4n) is 4.25. The Morgan fingerprint density at radius 3 is 2.34 bits per heavy atom. The zero-order valence-corrected chi connectivity index (χ0v) is 22.0. The lowest BCUT2D eigenvalue weighted by atomic mass is 10.1. The lowest BCUT2D eigenvalue weighted by molar-refractivity contribution is -0.192. The first kappa shape index (κ1) is 31.1. The van der Waals surface area contributed by atoms with Crippen LogP contribution in [0.3, 0.4) is 0 Å². The van der Waals surface area contributed by atoms with Crippen LogP contribution >= 0.6 is 0 Å². The summed E-state index contributed by atoms with van der Waals surface area (Å²) in [6.07, 6.45) is -2.12. The molecule has 1 unspecified atom stereocenters. The first-order chi connectivity index (χ1) is 19.2. The fraction of sp³-hybridized carbons (Fsp3) is 0.385. The Morgan fingerprint density at radius 1 is 1.12 bits per heavy atom. The Kier molecular flexibility index (Phi) is 9.73. The Morgan fingerprint density at radius 2 is 1.76 bits per heavy atom. The molecule has 0 saturated carbocycles. The summed E-state index contributed by atoms with van der Waals surface area (Å²) in [6, 6.07) is 4.98. The monoisotopic (exact) mass is 586 g/mol. The second kappa shape index (κ2) is 12.8. The number of benzene rings is 1. The van der Waals surface area contributed by atoms with E-state index in [0.29, 0.717) is 30.0 Å². The third-order valence-electron chi connectivity index (χ3n) is 6.17. The van der Waals surface area contributed by atoms with Crippen molar-refractivity contribution in [2.45, 2.75) is 51.9 Å².